The summed E-state index contributed by atoms with van der Waals surface area (Å²) in [5, 5.41) is 3.62. The summed E-state index contributed by atoms with van der Waals surface area (Å²) in [6.45, 7) is 5.22. The van der Waals surface area contributed by atoms with Crippen LogP contribution in [-0.2, 0) is 16.0 Å². The molecule has 0 aliphatic heterocycles. The summed E-state index contributed by atoms with van der Waals surface area (Å²) in [4.78, 5) is 23.8. The quantitative estimate of drug-likeness (QED) is 0.601. The second-order valence-corrected chi connectivity index (χ2v) is 8.10. The van der Waals surface area contributed by atoms with Gasteiger partial charge < -0.3 is 10.1 Å². The van der Waals surface area contributed by atoms with Crippen molar-refractivity contribution in [1.29, 1.82) is 0 Å². The molecule has 1 N–H and O–H groups in total. The number of hydrogen-bond donors (Lipinski definition) is 1. The third-order valence-corrected chi connectivity index (χ3v) is 4.28. The maximum Gasteiger partial charge on any atom is 0.408 e. The maximum absolute atomic E-state index is 12.1. The number of Topliss-reactive ketones (excluding diaryl/α,β-unsaturated/α-hetero) is 1. The summed E-state index contributed by atoms with van der Waals surface area (Å²) in [5.41, 5.74) is 1.91. The van der Waals surface area contributed by atoms with E-state index in [1.54, 1.807) is 39.0 Å². The van der Waals surface area contributed by atoms with Gasteiger partial charge in [-0.3, -0.25) is 4.79 Å². The highest BCUT2D eigenvalue weighted by atomic mass is 35.5. The van der Waals surface area contributed by atoms with Crippen LogP contribution in [0.15, 0.2) is 42.5 Å². The molecule has 2 aromatic rings. The number of ketones is 1. The normalized spacial score (nSPS) is 11.5. The van der Waals surface area contributed by atoms with E-state index in [1.807, 2.05) is 36.4 Å². The van der Waals surface area contributed by atoms with Crippen LogP contribution in [0.2, 0.25) is 10.0 Å². The highest BCUT2D eigenvalue weighted by molar-refractivity contribution is 6.37. The van der Waals surface area contributed by atoms with Crippen molar-refractivity contribution in [3.8, 4) is 0 Å². The molecule has 0 radical (unpaired) electrons. The lowest BCUT2D eigenvalue weighted by molar-refractivity contribution is -0.117. The third kappa shape index (κ3) is 7.37. The number of benzene rings is 2. The van der Waals surface area contributed by atoms with Crippen LogP contribution in [0.25, 0.3) is 12.2 Å². The molecule has 148 valence electrons. The summed E-state index contributed by atoms with van der Waals surface area (Å²) in [6, 6.07) is 12.9. The minimum atomic E-state index is -0.603. The second kappa shape index (κ2) is 9.76. The Bertz CT molecular complexity index is 865. The maximum atomic E-state index is 12.1. The molecule has 0 unspecified atom stereocenters. The Balaban J connectivity index is 1.97. The lowest BCUT2D eigenvalue weighted by Gasteiger charge is -2.19. The molecule has 0 aliphatic rings. The highest BCUT2D eigenvalue weighted by Crippen LogP contribution is 2.26. The van der Waals surface area contributed by atoms with E-state index in [2.05, 4.69) is 5.32 Å². The van der Waals surface area contributed by atoms with E-state index in [1.165, 1.54) is 0 Å². The van der Waals surface area contributed by atoms with Gasteiger partial charge in [-0.1, -0.05) is 65.7 Å². The molecule has 1 amide bonds. The number of hydrogen-bond acceptors (Lipinski definition) is 3. The van der Waals surface area contributed by atoms with Gasteiger partial charge in [0.15, 0.2) is 5.78 Å². The monoisotopic (exact) mass is 419 g/mol. The number of carbonyl (C=O) groups excluding carboxylic acids is 2. The summed E-state index contributed by atoms with van der Waals surface area (Å²) >= 11 is 12.3. The zero-order chi connectivity index (χ0) is 20.7. The first-order chi connectivity index (χ1) is 13.1. The fraction of sp³-hybridized carbons (Fsp3) is 0.273. The van der Waals surface area contributed by atoms with Gasteiger partial charge in [0.1, 0.15) is 5.60 Å². The zero-order valence-corrected chi connectivity index (χ0v) is 17.6. The molecule has 0 atom stereocenters. The molecule has 0 aromatic heterocycles. The first kappa shape index (κ1) is 22.0. The SMILES string of the molecule is CC(C)(C)OC(=O)NCC(=O)Cc1cccc(/C=C/c2c(Cl)cccc2Cl)c1. The van der Waals surface area contributed by atoms with Crippen molar-refractivity contribution in [2.24, 2.45) is 0 Å². The van der Waals surface area contributed by atoms with Crippen LogP contribution >= 0.6 is 23.2 Å². The lowest BCUT2D eigenvalue weighted by Crippen LogP contribution is -2.35. The molecule has 2 rings (SSSR count). The number of amides is 1. The van der Waals surface area contributed by atoms with Crippen molar-refractivity contribution in [3.05, 3.63) is 69.2 Å². The molecule has 2 aromatic carbocycles. The van der Waals surface area contributed by atoms with E-state index in [9.17, 15) is 9.59 Å². The molecular weight excluding hydrogens is 397 g/mol. The number of halogens is 2. The summed E-state index contributed by atoms with van der Waals surface area (Å²) < 4.78 is 5.12. The Morgan fingerprint density at radius 3 is 2.32 bits per heavy atom. The molecule has 0 aliphatic carbocycles. The molecular formula is C22H23Cl2NO3. The van der Waals surface area contributed by atoms with Gasteiger partial charge in [-0.05, 0) is 44.0 Å². The first-order valence-electron chi connectivity index (χ1n) is 8.83. The molecule has 6 heteroatoms. The minimum absolute atomic E-state index is 0.0792. The number of ether oxygens (including phenoxy) is 1. The molecule has 0 saturated heterocycles. The molecule has 0 heterocycles. The van der Waals surface area contributed by atoms with Crippen molar-refractivity contribution in [1.82, 2.24) is 5.32 Å². The van der Waals surface area contributed by atoms with E-state index < -0.39 is 11.7 Å². The Labute approximate surface area is 175 Å². The van der Waals surface area contributed by atoms with Crippen LogP contribution in [0, 0.1) is 0 Å². The van der Waals surface area contributed by atoms with Gasteiger partial charge >= 0.3 is 6.09 Å². The summed E-state index contributed by atoms with van der Waals surface area (Å²) in [5.74, 6) is -0.110. The predicted molar refractivity (Wildman–Crippen MR) is 115 cm³/mol. The van der Waals surface area contributed by atoms with Gasteiger partial charge in [0.2, 0.25) is 0 Å². The van der Waals surface area contributed by atoms with Crippen LogP contribution in [0.4, 0.5) is 4.79 Å². The summed E-state index contributed by atoms with van der Waals surface area (Å²) in [6.07, 6.45) is 3.34. The minimum Gasteiger partial charge on any atom is -0.444 e. The number of carbonyl (C=O) groups is 2. The van der Waals surface area contributed by atoms with Crippen LogP contribution in [0.5, 0.6) is 0 Å². The van der Waals surface area contributed by atoms with Gasteiger partial charge in [-0.15, -0.1) is 0 Å². The Morgan fingerprint density at radius 2 is 1.68 bits per heavy atom. The molecule has 0 spiro atoms. The van der Waals surface area contributed by atoms with Crippen LogP contribution in [0.3, 0.4) is 0 Å². The van der Waals surface area contributed by atoms with Crippen molar-refractivity contribution < 1.29 is 14.3 Å². The third-order valence-electron chi connectivity index (χ3n) is 3.62. The average molecular weight is 420 g/mol. The van der Waals surface area contributed by atoms with Crippen LogP contribution in [-0.4, -0.2) is 24.0 Å². The summed E-state index contributed by atoms with van der Waals surface area (Å²) in [7, 11) is 0. The van der Waals surface area contributed by atoms with Gasteiger partial charge in [-0.2, -0.15) is 0 Å². The van der Waals surface area contributed by atoms with Crippen LogP contribution in [0.1, 0.15) is 37.5 Å². The number of rotatable bonds is 6. The van der Waals surface area contributed by atoms with Gasteiger partial charge in [-0.25, -0.2) is 4.79 Å². The van der Waals surface area contributed by atoms with Crippen molar-refractivity contribution in [2.75, 3.05) is 6.54 Å². The van der Waals surface area contributed by atoms with Gasteiger partial charge in [0, 0.05) is 22.0 Å². The fourth-order valence-corrected chi connectivity index (χ4v) is 2.95. The topological polar surface area (TPSA) is 55.4 Å². The largest absolute Gasteiger partial charge is 0.444 e. The zero-order valence-electron chi connectivity index (χ0n) is 16.1. The Hall–Kier alpha value is -2.30. The van der Waals surface area contributed by atoms with E-state index in [-0.39, 0.29) is 18.7 Å². The molecule has 0 bridgehead atoms. The molecule has 4 nitrogen and oxygen atoms in total. The second-order valence-electron chi connectivity index (χ2n) is 7.28. The fourth-order valence-electron chi connectivity index (χ4n) is 2.43. The smallest absolute Gasteiger partial charge is 0.408 e. The van der Waals surface area contributed by atoms with Crippen molar-refractivity contribution >= 4 is 47.2 Å². The molecule has 0 fully saturated rings. The highest BCUT2D eigenvalue weighted by Gasteiger charge is 2.16. The van der Waals surface area contributed by atoms with Gasteiger partial charge in [0.05, 0.1) is 6.54 Å². The van der Waals surface area contributed by atoms with E-state index in [0.717, 1.165) is 16.7 Å². The lowest BCUT2D eigenvalue weighted by atomic mass is 10.0. The molecule has 28 heavy (non-hydrogen) atoms. The average Bonchev–Trinajstić information content (AvgIpc) is 2.58. The van der Waals surface area contributed by atoms with E-state index in [4.69, 9.17) is 27.9 Å². The van der Waals surface area contributed by atoms with E-state index in [0.29, 0.717) is 10.0 Å². The van der Waals surface area contributed by atoms with Crippen molar-refractivity contribution in [3.63, 3.8) is 0 Å². The standard InChI is InChI=1S/C22H23Cl2NO3/c1-22(2,3)28-21(27)25-14-17(26)13-16-7-4-6-15(12-16)10-11-18-19(23)8-5-9-20(18)24/h4-12H,13-14H2,1-3H3,(H,25,27)/b11-10+. The van der Waals surface area contributed by atoms with Crippen LogP contribution < -0.4 is 5.32 Å². The molecule has 0 saturated carbocycles. The van der Waals surface area contributed by atoms with E-state index >= 15 is 0 Å². The van der Waals surface area contributed by atoms with Gasteiger partial charge in [0.25, 0.3) is 0 Å². The predicted octanol–water partition coefficient (Wildman–Crippen LogP) is 5.80. The first-order valence-corrected chi connectivity index (χ1v) is 9.59. The van der Waals surface area contributed by atoms with Crippen molar-refractivity contribution in [2.45, 2.75) is 32.8 Å². The number of nitrogens with one attached hydrogen (secondary N) is 1. The number of alkyl carbamates (subject to hydrolysis) is 1. The Kier molecular flexibility index (Phi) is 7.67. The Morgan fingerprint density at radius 1 is 1.04 bits per heavy atom.